The molecule has 0 unspecified atom stereocenters. The smallest absolute Gasteiger partial charge is 0.271 e. The van der Waals surface area contributed by atoms with Crippen molar-refractivity contribution in [3.05, 3.63) is 28.4 Å². The molecule has 1 aromatic rings. The SMILES string of the molecule is CCCOC[C@H]1CCN(C(=O)c2cncc(=O)[nH]2)C1. The van der Waals surface area contributed by atoms with Crippen LogP contribution in [0.3, 0.4) is 0 Å². The third kappa shape index (κ3) is 3.64. The van der Waals surface area contributed by atoms with Crippen molar-refractivity contribution in [1.82, 2.24) is 14.9 Å². The first kappa shape index (κ1) is 13.7. The van der Waals surface area contributed by atoms with Gasteiger partial charge in [0.05, 0.1) is 19.0 Å². The molecule has 104 valence electrons. The van der Waals surface area contributed by atoms with Crippen molar-refractivity contribution in [2.24, 2.45) is 5.92 Å². The Bertz CT molecular complexity index is 486. The Kier molecular flexibility index (Phi) is 4.68. The van der Waals surface area contributed by atoms with Gasteiger partial charge in [0.25, 0.3) is 11.5 Å². The van der Waals surface area contributed by atoms with Crippen LogP contribution < -0.4 is 5.56 Å². The molecular formula is C13H19N3O3. The molecule has 1 fully saturated rings. The lowest BCUT2D eigenvalue weighted by atomic mass is 10.1. The number of hydrogen-bond acceptors (Lipinski definition) is 4. The molecule has 6 nitrogen and oxygen atoms in total. The quantitative estimate of drug-likeness (QED) is 0.793. The third-order valence-corrected chi connectivity index (χ3v) is 3.16. The van der Waals surface area contributed by atoms with Gasteiger partial charge in [0.1, 0.15) is 5.69 Å². The Hall–Kier alpha value is -1.69. The topological polar surface area (TPSA) is 75.3 Å². The Morgan fingerprint density at radius 2 is 2.42 bits per heavy atom. The second-order valence-corrected chi connectivity index (χ2v) is 4.79. The molecule has 0 aliphatic carbocycles. The van der Waals surface area contributed by atoms with E-state index < -0.39 is 0 Å². The summed E-state index contributed by atoms with van der Waals surface area (Å²) in [6.07, 6.45) is 4.50. The van der Waals surface area contributed by atoms with Crippen LogP contribution in [0.4, 0.5) is 0 Å². The molecular weight excluding hydrogens is 246 g/mol. The summed E-state index contributed by atoms with van der Waals surface area (Å²) in [5.74, 6) is 0.224. The normalized spacial score (nSPS) is 18.8. The molecule has 19 heavy (non-hydrogen) atoms. The maximum absolute atomic E-state index is 12.1. The van der Waals surface area contributed by atoms with Crippen molar-refractivity contribution in [3.63, 3.8) is 0 Å². The van der Waals surface area contributed by atoms with E-state index in [0.717, 1.165) is 25.6 Å². The Labute approximate surface area is 111 Å². The van der Waals surface area contributed by atoms with E-state index >= 15 is 0 Å². The van der Waals surface area contributed by atoms with Crippen LogP contribution in [0.5, 0.6) is 0 Å². The summed E-state index contributed by atoms with van der Waals surface area (Å²) < 4.78 is 5.51. The highest BCUT2D eigenvalue weighted by molar-refractivity contribution is 5.92. The minimum Gasteiger partial charge on any atom is -0.381 e. The van der Waals surface area contributed by atoms with Gasteiger partial charge < -0.3 is 14.6 Å². The number of rotatable bonds is 5. The number of carbonyl (C=O) groups excluding carboxylic acids is 1. The largest absolute Gasteiger partial charge is 0.381 e. The fraction of sp³-hybridized carbons (Fsp3) is 0.615. The summed E-state index contributed by atoms with van der Waals surface area (Å²) >= 11 is 0. The van der Waals surface area contributed by atoms with E-state index in [9.17, 15) is 9.59 Å². The van der Waals surface area contributed by atoms with Crippen molar-refractivity contribution in [2.75, 3.05) is 26.3 Å². The molecule has 1 saturated heterocycles. The van der Waals surface area contributed by atoms with Crippen LogP contribution in [0.1, 0.15) is 30.3 Å². The van der Waals surface area contributed by atoms with Crippen LogP contribution in [0, 0.1) is 5.92 Å². The van der Waals surface area contributed by atoms with E-state index in [1.807, 2.05) is 0 Å². The van der Waals surface area contributed by atoms with Gasteiger partial charge >= 0.3 is 0 Å². The monoisotopic (exact) mass is 265 g/mol. The van der Waals surface area contributed by atoms with E-state index in [0.29, 0.717) is 25.6 Å². The highest BCUT2D eigenvalue weighted by Crippen LogP contribution is 2.18. The molecule has 1 aliphatic heterocycles. The van der Waals surface area contributed by atoms with Gasteiger partial charge in [-0.1, -0.05) is 6.92 Å². The molecule has 0 radical (unpaired) electrons. The molecule has 1 N–H and O–H groups in total. The van der Waals surface area contributed by atoms with Crippen LogP contribution in [0.15, 0.2) is 17.2 Å². The zero-order chi connectivity index (χ0) is 13.7. The van der Waals surface area contributed by atoms with Gasteiger partial charge in [-0.2, -0.15) is 0 Å². The maximum Gasteiger partial charge on any atom is 0.271 e. The van der Waals surface area contributed by atoms with Gasteiger partial charge in [0.2, 0.25) is 0 Å². The lowest BCUT2D eigenvalue weighted by Gasteiger charge is -2.16. The van der Waals surface area contributed by atoms with Crippen LogP contribution >= 0.6 is 0 Å². The minimum atomic E-state index is -0.354. The van der Waals surface area contributed by atoms with Gasteiger partial charge in [0, 0.05) is 25.6 Å². The fourth-order valence-corrected chi connectivity index (χ4v) is 2.20. The first-order valence-corrected chi connectivity index (χ1v) is 6.62. The van der Waals surface area contributed by atoms with E-state index in [-0.39, 0.29) is 17.2 Å². The Morgan fingerprint density at radius 1 is 1.58 bits per heavy atom. The van der Waals surface area contributed by atoms with Gasteiger partial charge in [0.15, 0.2) is 0 Å². The maximum atomic E-state index is 12.1. The van der Waals surface area contributed by atoms with Gasteiger partial charge in [-0.05, 0) is 12.8 Å². The Morgan fingerprint density at radius 3 is 3.16 bits per heavy atom. The number of amides is 1. The number of likely N-dealkylation sites (tertiary alicyclic amines) is 1. The van der Waals surface area contributed by atoms with Crippen LogP contribution in [0.2, 0.25) is 0 Å². The lowest BCUT2D eigenvalue weighted by Crippen LogP contribution is -2.31. The lowest BCUT2D eigenvalue weighted by molar-refractivity contribution is 0.0748. The van der Waals surface area contributed by atoms with E-state index in [2.05, 4.69) is 16.9 Å². The van der Waals surface area contributed by atoms with Gasteiger partial charge in [-0.3, -0.25) is 14.6 Å². The standard InChI is InChI=1S/C13H19N3O3/c1-2-5-19-9-10-3-4-16(8-10)13(18)11-6-14-7-12(17)15-11/h6-7,10H,2-5,8-9H2,1H3,(H,15,17)/t10-/m0/s1. The van der Waals surface area contributed by atoms with Crippen LogP contribution in [0.25, 0.3) is 0 Å². The van der Waals surface area contributed by atoms with E-state index in [1.165, 1.54) is 6.20 Å². The molecule has 2 heterocycles. The number of nitrogens with one attached hydrogen (secondary N) is 1. The van der Waals surface area contributed by atoms with Crippen molar-refractivity contribution in [2.45, 2.75) is 19.8 Å². The van der Waals surface area contributed by atoms with Gasteiger partial charge in [-0.25, -0.2) is 0 Å². The summed E-state index contributed by atoms with van der Waals surface area (Å²) in [4.78, 5) is 31.3. The predicted octanol–water partition coefficient (Wildman–Crippen LogP) is 0.659. The molecule has 1 atom stereocenters. The minimum absolute atomic E-state index is 0.164. The van der Waals surface area contributed by atoms with Crippen molar-refractivity contribution >= 4 is 5.91 Å². The highest BCUT2D eigenvalue weighted by atomic mass is 16.5. The van der Waals surface area contributed by atoms with Crippen LogP contribution in [-0.4, -0.2) is 47.1 Å². The van der Waals surface area contributed by atoms with Crippen molar-refractivity contribution in [3.8, 4) is 0 Å². The molecule has 2 rings (SSSR count). The summed E-state index contributed by atoms with van der Waals surface area (Å²) in [7, 11) is 0. The second-order valence-electron chi connectivity index (χ2n) is 4.79. The highest BCUT2D eigenvalue weighted by Gasteiger charge is 2.27. The predicted molar refractivity (Wildman–Crippen MR) is 70.0 cm³/mol. The number of aromatic nitrogens is 2. The average Bonchev–Trinajstić information content (AvgIpc) is 2.87. The average molecular weight is 265 g/mol. The molecule has 0 aromatic carbocycles. The molecule has 6 heteroatoms. The number of hydrogen-bond donors (Lipinski definition) is 1. The number of nitrogens with zero attached hydrogens (tertiary/aromatic N) is 2. The Balaban J connectivity index is 1.90. The van der Waals surface area contributed by atoms with Gasteiger partial charge in [-0.15, -0.1) is 0 Å². The summed E-state index contributed by atoms with van der Waals surface area (Å²) in [5, 5.41) is 0. The zero-order valence-corrected chi connectivity index (χ0v) is 11.1. The fourth-order valence-electron chi connectivity index (χ4n) is 2.20. The summed E-state index contributed by atoms with van der Waals surface area (Å²) in [5.41, 5.74) is -0.101. The molecule has 0 bridgehead atoms. The van der Waals surface area contributed by atoms with Crippen molar-refractivity contribution < 1.29 is 9.53 Å². The first-order chi connectivity index (χ1) is 9.20. The van der Waals surface area contributed by atoms with E-state index in [1.54, 1.807) is 4.90 Å². The molecule has 1 aromatic heterocycles. The zero-order valence-electron chi connectivity index (χ0n) is 11.1. The molecule has 1 aliphatic rings. The number of aromatic amines is 1. The summed E-state index contributed by atoms with van der Waals surface area (Å²) in [6, 6.07) is 0. The number of carbonyl (C=O) groups is 1. The molecule has 0 spiro atoms. The molecule has 0 saturated carbocycles. The van der Waals surface area contributed by atoms with Crippen LogP contribution in [-0.2, 0) is 4.74 Å². The van der Waals surface area contributed by atoms with E-state index in [4.69, 9.17) is 4.74 Å². The number of ether oxygens (including phenoxy) is 1. The number of H-pyrrole nitrogens is 1. The molecule has 1 amide bonds. The third-order valence-electron chi connectivity index (χ3n) is 3.16. The summed E-state index contributed by atoms with van der Waals surface area (Å²) in [6.45, 7) is 4.92. The first-order valence-electron chi connectivity index (χ1n) is 6.62. The van der Waals surface area contributed by atoms with Crippen molar-refractivity contribution in [1.29, 1.82) is 0 Å². The second kappa shape index (κ2) is 6.47.